The Kier molecular flexibility index (Phi) is 2.69. The van der Waals surface area contributed by atoms with Crippen molar-refractivity contribution < 1.29 is 0 Å². The van der Waals surface area contributed by atoms with E-state index in [4.69, 9.17) is 5.73 Å². The van der Waals surface area contributed by atoms with Crippen molar-refractivity contribution >= 4 is 0 Å². The standard InChI is InChI=1S/C9H14N4/c1-4-9(2,10)6-5-8-12-11-7-13(8)3/h7H,4,10H2,1-3H3. The lowest BCUT2D eigenvalue weighted by atomic mass is 10.0. The fourth-order valence-electron chi connectivity index (χ4n) is 0.683. The highest BCUT2D eigenvalue weighted by Crippen LogP contribution is 2.02. The maximum Gasteiger partial charge on any atom is 0.207 e. The molecule has 1 heterocycles. The van der Waals surface area contributed by atoms with Gasteiger partial charge in [-0.25, -0.2) is 0 Å². The van der Waals surface area contributed by atoms with Gasteiger partial charge in [-0.15, -0.1) is 10.2 Å². The fourth-order valence-corrected chi connectivity index (χ4v) is 0.683. The molecule has 0 aromatic carbocycles. The average molecular weight is 178 g/mol. The Morgan fingerprint density at radius 3 is 2.85 bits per heavy atom. The highest BCUT2D eigenvalue weighted by atomic mass is 15.2. The minimum absolute atomic E-state index is 0.439. The lowest BCUT2D eigenvalue weighted by Crippen LogP contribution is -2.33. The number of hydrogen-bond acceptors (Lipinski definition) is 3. The summed E-state index contributed by atoms with van der Waals surface area (Å²) in [5.74, 6) is 6.50. The molecule has 70 valence electrons. The highest BCUT2D eigenvalue weighted by molar-refractivity contribution is 5.25. The summed E-state index contributed by atoms with van der Waals surface area (Å²) >= 11 is 0. The first-order valence-corrected chi connectivity index (χ1v) is 4.21. The van der Waals surface area contributed by atoms with Crippen LogP contribution in [-0.4, -0.2) is 20.3 Å². The molecule has 4 nitrogen and oxygen atoms in total. The van der Waals surface area contributed by atoms with Crippen molar-refractivity contribution in [2.45, 2.75) is 25.8 Å². The summed E-state index contributed by atoms with van der Waals surface area (Å²) in [5, 5.41) is 7.55. The second kappa shape index (κ2) is 3.58. The zero-order valence-electron chi connectivity index (χ0n) is 8.20. The van der Waals surface area contributed by atoms with Crippen LogP contribution in [0, 0.1) is 11.8 Å². The molecule has 2 N–H and O–H groups in total. The topological polar surface area (TPSA) is 56.7 Å². The Labute approximate surface area is 78.2 Å². The van der Waals surface area contributed by atoms with Crippen molar-refractivity contribution in [2.24, 2.45) is 12.8 Å². The van der Waals surface area contributed by atoms with Gasteiger partial charge in [0.2, 0.25) is 5.82 Å². The van der Waals surface area contributed by atoms with E-state index >= 15 is 0 Å². The molecule has 0 spiro atoms. The molecule has 1 aromatic heterocycles. The van der Waals surface area contributed by atoms with Crippen LogP contribution in [0.1, 0.15) is 26.1 Å². The van der Waals surface area contributed by atoms with E-state index in [9.17, 15) is 0 Å². The quantitative estimate of drug-likeness (QED) is 0.629. The van der Waals surface area contributed by atoms with E-state index < -0.39 is 5.54 Å². The molecule has 0 fully saturated rings. The summed E-state index contributed by atoms with van der Waals surface area (Å²) in [4.78, 5) is 0. The first-order chi connectivity index (χ1) is 6.05. The fraction of sp³-hybridized carbons (Fsp3) is 0.556. The van der Waals surface area contributed by atoms with Gasteiger partial charge in [-0.3, -0.25) is 0 Å². The summed E-state index contributed by atoms with van der Waals surface area (Å²) < 4.78 is 1.76. The van der Waals surface area contributed by atoms with Crippen molar-refractivity contribution in [1.29, 1.82) is 0 Å². The number of rotatable bonds is 1. The van der Waals surface area contributed by atoms with Crippen LogP contribution in [0.25, 0.3) is 0 Å². The van der Waals surface area contributed by atoms with E-state index in [2.05, 4.69) is 22.0 Å². The van der Waals surface area contributed by atoms with Gasteiger partial charge in [-0.1, -0.05) is 12.8 Å². The van der Waals surface area contributed by atoms with Gasteiger partial charge in [0.05, 0.1) is 5.54 Å². The SMILES string of the molecule is CCC(C)(N)C#Cc1nncn1C. The number of hydrogen-bond donors (Lipinski definition) is 1. The number of nitrogens with two attached hydrogens (primary N) is 1. The first kappa shape index (κ1) is 9.75. The molecule has 0 bridgehead atoms. The average Bonchev–Trinajstić information content (AvgIpc) is 2.48. The lowest BCUT2D eigenvalue weighted by Gasteiger charge is -2.13. The Balaban J connectivity index is 2.84. The molecule has 1 rings (SSSR count). The van der Waals surface area contributed by atoms with E-state index in [0.717, 1.165) is 6.42 Å². The van der Waals surface area contributed by atoms with Crippen molar-refractivity contribution in [2.75, 3.05) is 0 Å². The van der Waals surface area contributed by atoms with Crippen LogP contribution in [0.3, 0.4) is 0 Å². The maximum absolute atomic E-state index is 5.85. The van der Waals surface area contributed by atoms with Crippen LogP contribution in [0.15, 0.2) is 6.33 Å². The Morgan fingerprint density at radius 2 is 2.38 bits per heavy atom. The maximum atomic E-state index is 5.85. The van der Waals surface area contributed by atoms with Gasteiger partial charge in [0, 0.05) is 7.05 Å². The molecule has 0 radical (unpaired) electrons. The number of aromatic nitrogens is 3. The predicted molar refractivity (Wildman–Crippen MR) is 50.8 cm³/mol. The highest BCUT2D eigenvalue weighted by Gasteiger charge is 2.10. The molecule has 4 heteroatoms. The third-order valence-electron chi connectivity index (χ3n) is 1.91. The van der Waals surface area contributed by atoms with Crippen LogP contribution >= 0.6 is 0 Å². The largest absolute Gasteiger partial charge is 0.315 e. The lowest BCUT2D eigenvalue weighted by molar-refractivity contribution is 0.585. The Morgan fingerprint density at radius 1 is 1.69 bits per heavy atom. The van der Waals surface area contributed by atoms with Crippen LogP contribution in [0.2, 0.25) is 0 Å². The second-order valence-electron chi connectivity index (χ2n) is 3.29. The van der Waals surface area contributed by atoms with Gasteiger partial charge in [-0.05, 0) is 19.3 Å². The molecule has 13 heavy (non-hydrogen) atoms. The van der Waals surface area contributed by atoms with Gasteiger partial charge in [0.1, 0.15) is 6.33 Å². The normalized spacial score (nSPS) is 14.5. The van der Waals surface area contributed by atoms with Gasteiger partial charge >= 0.3 is 0 Å². The molecule has 1 unspecified atom stereocenters. The van der Waals surface area contributed by atoms with Crippen molar-refractivity contribution in [3.05, 3.63) is 12.2 Å². The molecular formula is C9H14N4. The van der Waals surface area contributed by atoms with Gasteiger partial charge in [0.15, 0.2) is 0 Å². The summed E-state index contributed by atoms with van der Waals surface area (Å²) in [5.41, 5.74) is 5.41. The van der Waals surface area contributed by atoms with E-state index in [1.807, 2.05) is 20.9 Å². The molecule has 1 atom stereocenters. The smallest absolute Gasteiger partial charge is 0.207 e. The minimum atomic E-state index is -0.439. The van der Waals surface area contributed by atoms with Crippen LogP contribution < -0.4 is 5.73 Å². The van der Waals surface area contributed by atoms with E-state index in [-0.39, 0.29) is 0 Å². The van der Waals surface area contributed by atoms with Crippen molar-refractivity contribution in [3.8, 4) is 11.8 Å². The second-order valence-corrected chi connectivity index (χ2v) is 3.29. The molecular weight excluding hydrogens is 164 g/mol. The minimum Gasteiger partial charge on any atom is -0.315 e. The third-order valence-corrected chi connectivity index (χ3v) is 1.91. The summed E-state index contributed by atoms with van der Waals surface area (Å²) in [7, 11) is 1.85. The van der Waals surface area contributed by atoms with Crippen molar-refractivity contribution in [3.63, 3.8) is 0 Å². The monoisotopic (exact) mass is 178 g/mol. The zero-order valence-corrected chi connectivity index (χ0v) is 8.20. The molecule has 0 saturated carbocycles. The van der Waals surface area contributed by atoms with E-state index in [1.54, 1.807) is 10.9 Å². The Hall–Kier alpha value is -1.34. The van der Waals surface area contributed by atoms with Crippen LogP contribution in [-0.2, 0) is 7.05 Å². The molecule has 0 amide bonds. The summed E-state index contributed by atoms with van der Waals surface area (Å²) in [6, 6.07) is 0. The molecule has 0 aliphatic carbocycles. The molecule has 1 aromatic rings. The van der Waals surface area contributed by atoms with E-state index in [1.165, 1.54) is 0 Å². The Bertz CT molecular complexity index is 340. The summed E-state index contributed by atoms with van der Waals surface area (Å²) in [6.45, 7) is 3.90. The third kappa shape index (κ3) is 2.56. The van der Waals surface area contributed by atoms with Crippen molar-refractivity contribution in [1.82, 2.24) is 14.8 Å². The van der Waals surface area contributed by atoms with E-state index in [0.29, 0.717) is 5.82 Å². The van der Waals surface area contributed by atoms with Gasteiger partial charge < -0.3 is 10.3 Å². The van der Waals surface area contributed by atoms with Gasteiger partial charge in [0.25, 0.3) is 0 Å². The number of nitrogens with zero attached hydrogens (tertiary/aromatic N) is 3. The predicted octanol–water partition coefficient (Wildman–Crippen LogP) is 0.294. The summed E-state index contributed by atoms with van der Waals surface area (Å²) in [6.07, 6.45) is 2.43. The molecule has 0 aliphatic rings. The van der Waals surface area contributed by atoms with Crippen LogP contribution in [0.5, 0.6) is 0 Å². The molecule has 0 saturated heterocycles. The first-order valence-electron chi connectivity index (χ1n) is 4.21. The van der Waals surface area contributed by atoms with Gasteiger partial charge in [-0.2, -0.15) is 0 Å². The number of aryl methyl sites for hydroxylation is 1. The molecule has 0 aliphatic heterocycles. The van der Waals surface area contributed by atoms with Crippen LogP contribution in [0.4, 0.5) is 0 Å². The zero-order chi connectivity index (χ0) is 9.90.